The highest BCUT2D eigenvalue weighted by Gasteiger charge is 2.22. The molecule has 176 valence electrons. The van der Waals surface area contributed by atoms with E-state index >= 15 is 0 Å². The molecule has 0 radical (unpaired) electrons. The third-order valence-corrected chi connectivity index (χ3v) is 6.53. The van der Waals surface area contributed by atoms with Crippen molar-refractivity contribution in [3.8, 4) is 0 Å². The summed E-state index contributed by atoms with van der Waals surface area (Å²) < 4.78 is 0. The first-order valence-corrected chi connectivity index (χ1v) is 12.8. The minimum atomic E-state index is -0.140. The van der Waals surface area contributed by atoms with E-state index in [-0.39, 0.29) is 11.7 Å². The molecule has 0 spiro atoms. The van der Waals surface area contributed by atoms with Crippen molar-refractivity contribution in [2.75, 3.05) is 11.5 Å². The summed E-state index contributed by atoms with van der Waals surface area (Å²) in [6.45, 7) is 4.27. The van der Waals surface area contributed by atoms with Crippen molar-refractivity contribution in [2.24, 2.45) is 0 Å². The maximum atomic E-state index is 13.3. The van der Waals surface area contributed by atoms with Gasteiger partial charge in [0.05, 0.1) is 0 Å². The van der Waals surface area contributed by atoms with Gasteiger partial charge in [-0.2, -0.15) is 0 Å². The smallest absolute Gasteiger partial charge is 0.170 e. The number of nitrogens with two attached hydrogens (primary N) is 2. The molecule has 0 aromatic heterocycles. The summed E-state index contributed by atoms with van der Waals surface area (Å²) in [4.78, 5) is 13.3. The van der Waals surface area contributed by atoms with E-state index in [1.165, 1.54) is 70.6 Å². The summed E-state index contributed by atoms with van der Waals surface area (Å²) in [7, 11) is 0. The Kier molecular flexibility index (Phi) is 11.9. The number of Topliss-reactive ketones (excluding diaryl/α,β-unsaturated/α-hetero) is 1. The molecular formula is C29H44N2O. The van der Waals surface area contributed by atoms with Crippen LogP contribution in [-0.4, -0.2) is 5.78 Å². The summed E-state index contributed by atoms with van der Waals surface area (Å²) in [6.07, 6.45) is 16.7. The van der Waals surface area contributed by atoms with Crippen LogP contribution in [0.4, 0.5) is 11.4 Å². The highest BCUT2D eigenvalue weighted by atomic mass is 16.1. The van der Waals surface area contributed by atoms with Gasteiger partial charge in [0, 0.05) is 22.9 Å². The summed E-state index contributed by atoms with van der Waals surface area (Å²) in [5.74, 6) is 0.0174. The summed E-state index contributed by atoms with van der Waals surface area (Å²) in [6, 6.07) is 13.4. The van der Waals surface area contributed by atoms with Gasteiger partial charge in [-0.25, -0.2) is 0 Å². The zero-order valence-electron chi connectivity index (χ0n) is 20.4. The predicted molar refractivity (Wildman–Crippen MR) is 139 cm³/mol. The average Bonchev–Trinajstić information content (AvgIpc) is 2.78. The van der Waals surface area contributed by atoms with Gasteiger partial charge in [-0.1, -0.05) is 108 Å². The first-order valence-electron chi connectivity index (χ1n) is 12.8. The fourth-order valence-corrected chi connectivity index (χ4v) is 4.45. The van der Waals surface area contributed by atoms with Crippen molar-refractivity contribution in [2.45, 2.75) is 103 Å². The number of nitrogen functional groups attached to an aromatic ring is 2. The lowest BCUT2D eigenvalue weighted by molar-refractivity contribution is 0.0953. The number of carbonyl (C=O) groups excluding carboxylic acids is 1. The van der Waals surface area contributed by atoms with Gasteiger partial charge in [0.1, 0.15) is 0 Å². The topological polar surface area (TPSA) is 69.1 Å². The monoisotopic (exact) mass is 436 g/mol. The minimum Gasteiger partial charge on any atom is -0.399 e. The largest absolute Gasteiger partial charge is 0.399 e. The third-order valence-electron chi connectivity index (χ3n) is 6.53. The summed E-state index contributed by atoms with van der Waals surface area (Å²) in [5, 5.41) is 0. The van der Waals surface area contributed by atoms with E-state index in [0.717, 1.165) is 29.7 Å². The molecule has 0 saturated heterocycles. The minimum absolute atomic E-state index is 0.140. The van der Waals surface area contributed by atoms with E-state index < -0.39 is 0 Å². The lowest BCUT2D eigenvalue weighted by atomic mass is 9.85. The Morgan fingerprint density at radius 2 is 1.38 bits per heavy atom. The molecule has 0 heterocycles. The standard InChI is InChI=1S/C29H44N2O/c1-3-4-5-6-7-8-9-10-11-12-13-14-18-27(24-19-20-28(31)23(2)21-24)29(32)25-16-15-17-26(30)22-25/h15-17,19-22,27H,3-14,18,30-31H2,1-2H3. The quantitative estimate of drug-likeness (QED) is 0.158. The number of carbonyl (C=O) groups is 1. The maximum absolute atomic E-state index is 13.3. The second kappa shape index (κ2) is 14.7. The maximum Gasteiger partial charge on any atom is 0.170 e. The molecule has 0 aliphatic rings. The number of aryl methyl sites for hydroxylation is 1. The van der Waals surface area contributed by atoms with Crippen LogP contribution in [0.15, 0.2) is 42.5 Å². The van der Waals surface area contributed by atoms with Crippen LogP contribution in [-0.2, 0) is 0 Å². The number of hydrogen-bond donors (Lipinski definition) is 2. The van der Waals surface area contributed by atoms with Crippen molar-refractivity contribution in [3.63, 3.8) is 0 Å². The SMILES string of the molecule is CCCCCCCCCCCCCCC(C(=O)c1cccc(N)c1)c1ccc(N)c(C)c1. The van der Waals surface area contributed by atoms with Gasteiger partial charge in [0.2, 0.25) is 0 Å². The van der Waals surface area contributed by atoms with Gasteiger partial charge in [-0.05, 0) is 42.7 Å². The molecule has 0 amide bonds. The Bertz CT molecular complexity index is 815. The lowest BCUT2D eigenvalue weighted by Gasteiger charge is -2.18. The van der Waals surface area contributed by atoms with Crippen LogP contribution >= 0.6 is 0 Å². The van der Waals surface area contributed by atoms with Crippen molar-refractivity contribution >= 4 is 17.2 Å². The van der Waals surface area contributed by atoms with E-state index in [1.54, 1.807) is 6.07 Å². The molecule has 2 rings (SSSR count). The summed E-state index contributed by atoms with van der Waals surface area (Å²) >= 11 is 0. The van der Waals surface area contributed by atoms with Crippen LogP contribution in [0, 0.1) is 6.92 Å². The third kappa shape index (κ3) is 9.06. The van der Waals surface area contributed by atoms with Gasteiger partial charge in [-0.15, -0.1) is 0 Å². The van der Waals surface area contributed by atoms with E-state index in [2.05, 4.69) is 13.0 Å². The van der Waals surface area contributed by atoms with Gasteiger partial charge < -0.3 is 11.5 Å². The van der Waals surface area contributed by atoms with Gasteiger partial charge >= 0.3 is 0 Å². The Labute approximate surface area is 196 Å². The predicted octanol–water partition coefficient (Wildman–Crippen LogP) is 8.22. The number of ketones is 1. The molecule has 3 heteroatoms. The molecule has 3 nitrogen and oxygen atoms in total. The molecule has 0 saturated carbocycles. The zero-order chi connectivity index (χ0) is 23.2. The van der Waals surface area contributed by atoms with Crippen molar-refractivity contribution in [3.05, 3.63) is 59.2 Å². The molecule has 0 bridgehead atoms. The van der Waals surface area contributed by atoms with Crippen molar-refractivity contribution in [1.82, 2.24) is 0 Å². The van der Waals surface area contributed by atoms with Gasteiger partial charge in [0.25, 0.3) is 0 Å². The fourth-order valence-electron chi connectivity index (χ4n) is 4.45. The van der Waals surface area contributed by atoms with Crippen LogP contribution in [0.25, 0.3) is 0 Å². The Morgan fingerprint density at radius 3 is 1.94 bits per heavy atom. The summed E-state index contributed by atoms with van der Waals surface area (Å²) in [5.41, 5.74) is 16.1. The van der Waals surface area contributed by atoms with Crippen LogP contribution < -0.4 is 11.5 Å². The molecule has 2 aromatic carbocycles. The highest BCUT2D eigenvalue weighted by Crippen LogP contribution is 2.29. The lowest BCUT2D eigenvalue weighted by Crippen LogP contribution is -2.14. The molecule has 32 heavy (non-hydrogen) atoms. The van der Waals surface area contributed by atoms with Crippen molar-refractivity contribution in [1.29, 1.82) is 0 Å². The highest BCUT2D eigenvalue weighted by molar-refractivity contribution is 6.01. The number of benzene rings is 2. The number of unbranched alkanes of at least 4 members (excludes halogenated alkanes) is 11. The van der Waals surface area contributed by atoms with E-state index in [4.69, 9.17) is 11.5 Å². The Morgan fingerprint density at radius 1 is 0.781 bits per heavy atom. The van der Waals surface area contributed by atoms with Gasteiger partial charge in [0.15, 0.2) is 5.78 Å². The molecular weight excluding hydrogens is 392 g/mol. The average molecular weight is 437 g/mol. The number of hydrogen-bond acceptors (Lipinski definition) is 3. The Balaban J connectivity index is 1.81. The Hall–Kier alpha value is -2.29. The van der Waals surface area contributed by atoms with E-state index in [0.29, 0.717) is 11.3 Å². The number of anilines is 2. The molecule has 0 fully saturated rings. The fraction of sp³-hybridized carbons (Fsp3) is 0.552. The zero-order valence-corrected chi connectivity index (χ0v) is 20.4. The van der Waals surface area contributed by atoms with Crippen LogP contribution in [0.2, 0.25) is 0 Å². The van der Waals surface area contributed by atoms with Crippen LogP contribution in [0.3, 0.4) is 0 Å². The number of rotatable bonds is 16. The van der Waals surface area contributed by atoms with Crippen molar-refractivity contribution < 1.29 is 4.79 Å². The van der Waals surface area contributed by atoms with Gasteiger partial charge in [-0.3, -0.25) is 4.79 Å². The first-order chi connectivity index (χ1) is 15.5. The molecule has 2 aromatic rings. The molecule has 0 aliphatic carbocycles. The normalized spacial score (nSPS) is 12.1. The molecule has 0 aliphatic heterocycles. The molecule has 1 unspecified atom stereocenters. The van der Waals surface area contributed by atoms with Crippen LogP contribution in [0.5, 0.6) is 0 Å². The molecule has 1 atom stereocenters. The molecule has 4 N–H and O–H groups in total. The second-order valence-corrected chi connectivity index (χ2v) is 9.34. The first kappa shape index (κ1) is 26.0. The second-order valence-electron chi connectivity index (χ2n) is 9.34. The van der Waals surface area contributed by atoms with E-state index in [1.807, 2.05) is 37.3 Å². The van der Waals surface area contributed by atoms with E-state index in [9.17, 15) is 4.79 Å². The van der Waals surface area contributed by atoms with Crippen LogP contribution in [0.1, 0.15) is 118 Å².